The fraction of sp³-hybridized carbons (Fsp3) is 0.524. The molecule has 1 fully saturated rings. The molecule has 1 saturated heterocycles. The van der Waals surface area contributed by atoms with E-state index in [2.05, 4.69) is 54.3 Å². The summed E-state index contributed by atoms with van der Waals surface area (Å²) in [5.41, 5.74) is 0.419. The molecular weight excluding hydrogens is 545 g/mol. The van der Waals surface area contributed by atoms with Crippen LogP contribution in [0.1, 0.15) is 24.2 Å². The first-order valence-corrected chi connectivity index (χ1v) is 12.0. The largest absolute Gasteiger partial charge is 0.494 e. The molecule has 174 valence electrons. The average molecular weight is 573 g/mol. The van der Waals surface area contributed by atoms with Gasteiger partial charge >= 0.3 is 7.12 Å². The number of hydrogen-bond donors (Lipinski definition) is 3. The van der Waals surface area contributed by atoms with E-state index in [9.17, 15) is 9.59 Å². The summed E-state index contributed by atoms with van der Waals surface area (Å²) in [6, 6.07) is 5.23. The van der Waals surface area contributed by atoms with Gasteiger partial charge in [0.05, 0.1) is 18.7 Å². The summed E-state index contributed by atoms with van der Waals surface area (Å²) < 4.78 is 13.0. The highest BCUT2D eigenvalue weighted by atomic mass is 79.9. The highest BCUT2D eigenvalue weighted by Crippen LogP contribution is 2.21. The van der Waals surface area contributed by atoms with E-state index in [1.807, 2.05) is 24.8 Å². The van der Waals surface area contributed by atoms with Gasteiger partial charge in [-0.3, -0.25) is 14.5 Å². The van der Waals surface area contributed by atoms with Crippen molar-refractivity contribution in [1.29, 1.82) is 0 Å². The molecule has 0 radical (unpaired) electrons. The molecule has 0 spiro atoms. The van der Waals surface area contributed by atoms with E-state index in [0.29, 0.717) is 42.9 Å². The summed E-state index contributed by atoms with van der Waals surface area (Å²) in [5, 5.41) is 14.5. The summed E-state index contributed by atoms with van der Waals surface area (Å²) >= 11 is 6.68. The maximum Gasteiger partial charge on any atom is 0.494 e. The van der Waals surface area contributed by atoms with Crippen LogP contribution in [0.2, 0.25) is 0 Å². The normalized spacial score (nSPS) is 15.9. The van der Waals surface area contributed by atoms with E-state index >= 15 is 0 Å². The summed E-state index contributed by atoms with van der Waals surface area (Å²) in [7, 11) is -0.726. The number of carbonyl (C=O) groups excluding carboxylic acids is 2. The van der Waals surface area contributed by atoms with Crippen LogP contribution in [0.3, 0.4) is 0 Å². The van der Waals surface area contributed by atoms with Crippen molar-refractivity contribution >= 4 is 50.8 Å². The second kappa shape index (κ2) is 14.0. The van der Waals surface area contributed by atoms with E-state index in [-0.39, 0.29) is 25.0 Å². The monoisotopic (exact) mass is 571 g/mol. The van der Waals surface area contributed by atoms with Gasteiger partial charge in [0.2, 0.25) is 5.91 Å². The zero-order chi connectivity index (χ0) is 23.5. The Morgan fingerprint density at radius 1 is 1.22 bits per heavy atom. The van der Waals surface area contributed by atoms with Crippen LogP contribution in [0.15, 0.2) is 27.1 Å². The van der Waals surface area contributed by atoms with Crippen molar-refractivity contribution < 1.29 is 24.0 Å². The Bertz CT molecular complexity index is 836. The summed E-state index contributed by atoms with van der Waals surface area (Å²) in [4.78, 5) is 27.0. The van der Waals surface area contributed by atoms with Gasteiger partial charge in [-0.05, 0) is 34.1 Å². The average Bonchev–Trinajstić information content (AvgIpc) is 2.73. The number of halogens is 2. The number of aliphatic hydroxyl groups is 1. The van der Waals surface area contributed by atoms with Crippen LogP contribution in [0.25, 0.3) is 0 Å². The summed E-state index contributed by atoms with van der Waals surface area (Å²) in [6.45, 7) is 6.38. The first-order chi connectivity index (χ1) is 15.3. The predicted molar refractivity (Wildman–Crippen MR) is 130 cm³/mol. The Balaban J connectivity index is 1.97. The van der Waals surface area contributed by atoms with Gasteiger partial charge in [-0.2, -0.15) is 0 Å². The third-order valence-electron chi connectivity index (χ3n) is 4.49. The zero-order valence-corrected chi connectivity index (χ0v) is 21.4. The van der Waals surface area contributed by atoms with Gasteiger partial charge in [0, 0.05) is 47.7 Å². The van der Waals surface area contributed by atoms with E-state index < -0.39 is 19.0 Å². The number of amides is 2. The Labute approximate surface area is 206 Å². The van der Waals surface area contributed by atoms with Crippen molar-refractivity contribution in [2.24, 2.45) is 5.92 Å². The smallest absolute Gasteiger partial charge is 0.408 e. The van der Waals surface area contributed by atoms with Crippen molar-refractivity contribution in [2.75, 3.05) is 46.0 Å². The topological polar surface area (TPSA) is 100 Å². The highest BCUT2D eigenvalue weighted by molar-refractivity contribution is 9.11. The number of aliphatic hydroxyl groups excluding tert-OH is 1. The van der Waals surface area contributed by atoms with Crippen molar-refractivity contribution in [3.8, 4) is 11.8 Å². The molecule has 0 aliphatic carbocycles. The molecule has 1 heterocycles. The van der Waals surface area contributed by atoms with E-state index in [1.54, 1.807) is 12.1 Å². The Morgan fingerprint density at radius 3 is 2.53 bits per heavy atom. The first kappa shape index (κ1) is 26.8. The minimum atomic E-state index is -0.726. The molecule has 0 saturated carbocycles. The maximum atomic E-state index is 12.6. The molecule has 2 amide bonds. The molecule has 1 unspecified atom stereocenters. The van der Waals surface area contributed by atoms with Crippen LogP contribution in [-0.2, 0) is 14.1 Å². The van der Waals surface area contributed by atoms with E-state index in [4.69, 9.17) is 14.4 Å². The van der Waals surface area contributed by atoms with Gasteiger partial charge in [-0.15, -0.1) is 0 Å². The number of carbonyl (C=O) groups is 2. The molecule has 1 aliphatic rings. The Kier molecular flexibility index (Phi) is 11.7. The quantitative estimate of drug-likeness (QED) is 0.338. The van der Waals surface area contributed by atoms with Gasteiger partial charge in [0.1, 0.15) is 5.94 Å². The van der Waals surface area contributed by atoms with Crippen LogP contribution in [-0.4, -0.2) is 80.9 Å². The molecule has 1 aromatic rings. The number of rotatable bonds is 7. The molecule has 32 heavy (non-hydrogen) atoms. The number of hydrogen-bond acceptors (Lipinski definition) is 6. The number of benzene rings is 1. The number of nitrogens with one attached hydrogen (secondary N) is 2. The standard InChI is InChI=1S/C21H28BBr2N3O5/c1-15(2)3-6-19(22-31-11-8-27(7-10-28)9-12-32-22)26-20(29)14-25-21(30)17-13-16(23)4-5-18(17)24/h4-5,13,15,19,28H,7-12,14H2,1-2H3,(H,25,30)(H,26,29). The van der Waals surface area contributed by atoms with Crippen LogP contribution < -0.4 is 10.6 Å². The molecule has 1 atom stereocenters. The molecule has 0 aromatic heterocycles. The van der Waals surface area contributed by atoms with Crippen LogP contribution in [0.4, 0.5) is 0 Å². The van der Waals surface area contributed by atoms with Crippen molar-refractivity contribution in [3.05, 3.63) is 32.7 Å². The predicted octanol–water partition coefficient (Wildman–Crippen LogP) is 1.45. The highest BCUT2D eigenvalue weighted by Gasteiger charge is 2.32. The van der Waals surface area contributed by atoms with Crippen molar-refractivity contribution in [2.45, 2.75) is 19.8 Å². The van der Waals surface area contributed by atoms with Crippen molar-refractivity contribution in [3.63, 3.8) is 0 Å². The van der Waals surface area contributed by atoms with Gasteiger partial charge in [-0.25, -0.2) is 0 Å². The lowest BCUT2D eigenvalue weighted by atomic mass is 9.77. The molecule has 8 nitrogen and oxygen atoms in total. The van der Waals surface area contributed by atoms with Gasteiger partial charge in [0.25, 0.3) is 5.91 Å². The second-order valence-electron chi connectivity index (χ2n) is 7.47. The third kappa shape index (κ3) is 9.21. The first-order valence-electron chi connectivity index (χ1n) is 10.4. The molecule has 0 bridgehead atoms. The van der Waals surface area contributed by atoms with Gasteiger partial charge in [-0.1, -0.05) is 41.6 Å². The Hall–Kier alpha value is -1.42. The van der Waals surface area contributed by atoms with Crippen LogP contribution >= 0.6 is 31.9 Å². The zero-order valence-electron chi connectivity index (χ0n) is 18.2. The molecule has 1 aliphatic heterocycles. The number of β-amino-alcohol motifs (C(OH)–C–C–N with tert-alkyl or cyclic N) is 1. The summed E-state index contributed by atoms with van der Waals surface area (Å²) in [6.07, 6.45) is 0. The second-order valence-corrected chi connectivity index (χ2v) is 9.24. The lowest BCUT2D eigenvalue weighted by molar-refractivity contribution is -0.120. The van der Waals surface area contributed by atoms with E-state index in [1.165, 1.54) is 0 Å². The molecule has 1 aromatic carbocycles. The van der Waals surface area contributed by atoms with Gasteiger partial charge < -0.3 is 25.0 Å². The molecule has 3 N–H and O–H groups in total. The number of nitrogens with zero attached hydrogens (tertiary/aromatic N) is 1. The lowest BCUT2D eigenvalue weighted by Gasteiger charge is -2.28. The van der Waals surface area contributed by atoms with Crippen molar-refractivity contribution in [1.82, 2.24) is 15.5 Å². The lowest BCUT2D eigenvalue weighted by Crippen LogP contribution is -2.53. The Morgan fingerprint density at radius 2 is 1.91 bits per heavy atom. The fourth-order valence-corrected chi connectivity index (χ4v) is 3.68. The van der Waals surface area contributed by atoms with Crippen LogP contribution in [0, 0.1) is 17.8 Å². The minimum Gasteiger partial charge on any atom is -0.408 e. The third-order valence-corrected chi connectivity index (χ3v) is 5.68. The van der Waals surface area contributed by atoms with Crippen LogP contribution in [0.5, 0.6) is 0 Å². The fourth-order valence-electron chi connectivity index (χ4n) is 2.89. The SMILES string of the molecule is CC(C)C#CC(NC(=O)CNC(=O)c1cc(Br)ccc1Br)B1OCCN(CCO)CCO1. The molecule has 2 rings (SSSR count). The van der Waals surface area contributed by atoms with Gasteiger partial charge in [0.15, 0.2) is 0 Å². The molecule has 11 heteroatoms. The molecular formula is C21H28BBr2N3O5. The minimum absolute atomic E-state index is 0.0736. The van der Waals surface area contributed by atoms with E-state index in [0.717, 1.165) is 4.47 Å². The maximum absolute atomic E-state index is 12.6. The summed E-state index contributed by atoms with van der Waals surface area (Å²) in [5.74, 6) is 4.74.